The summed E-state index contributed by atoms with van der Waals surface area (Å²) in [6, 6.07) is 10.8. The van der Waals surface area contributed by atoms with Gasteiger partial charge in [-0.15, -0.1) is 0 Å². The molecule has 2 rings (SSSR count). The van der Waals surface area contributed by atoms with Crippen LogP contribution in [0.3, 0.4) is 0 Å². The molecule has 0 radical (unpaired) electrons. The molecule has 0 bridgehead atoms. The number of anilines is 3. The minimum absolute atomic E-state index is 0.472. The molecule has 0 aliphatic heterocycles. The van der Waals surface area contributed by atoms with Crippen molar-refractivity contribution >= 4 is 28.7 Å². The number of ether oxygens (including phenoxy) is 1. The molecule has 3 N–H and O–H groups in total. The third kappa shape index (κ3) is 2.79. The summed E-state index contributed by atoms with van der Waals surface area (Å²) in [7, 11) is 1.57. The largest absolute Gasteiger partial charge is 0.495 e. The molecule has 0 saturated carbocycles. The summed E-state index contributed by atoms with van der Waals surface area (Å²) in [4.78, 5) is 0. The van der Waals surface area contributed by atoms with Crippen molar-refractivity contribution in [2.45, 2.75) is 6.92 Å². The van der Waals surface area contributed by atoms with E-state index in [9.17, 15) is 0 Å². The summed E-state index contributed by atoms with van der Waals surface area (Å²) in [5.41, 5.74) is 9.03. The molecule has 0 aliphatic carbocycles. The van der Waals surface area contributed by atoms with E-state index in [0.29, 0.717) is 27.7 Å². The molecule has 0 spiro atoms. The van der Waals surface area contributed by atoms with Crippen LogP contribution in [0.2, 0.25) is 5.02 Å². The van der Waals surface area contributed by atoms with Crippen molar-refractivity contribution in [3.05, 3.63) is 46.5 Å². The highest BCUT2D eigenvalue weighted by Crippen LogP contribution is 2.34. The van der Waals surface area contributed by atoms with Gasteiger partial charge >= 0.3 is 0 Å². The second-order valence-corrected chi connectivity index (χ2v) is 4.75. The molecule has 0 fully saturated rings. The van der Waals surface area contributed by atoms with Crippen LogP contribution in [-0.4, -0.2) is 7.11 Å². The van der Waals surface area contributed by atoms with Gasteiger partial charge in [0, 0.05) is 16.8 Å². The van der Waals surface area contributed by atoms with Crippen molar-refractivity contribution in [3.63, 3.8) is 0 Å². The van der Waals surface area contributed by atoms with Gasteiger partial charge in [-0.3, -0.25) is 0 Å². The number of benzene rings is 2. The van der Waals surface area contributed by atoms with Gasteiger partial charge < -0.3 is 15.8 Å². The van der Waals surface area contributed by atoms with Gasteiger partial charge in [-0.1, -0.05) is 11.6 Å². The monoisotopic (exact) mass is 287 g/mol. The molecule has 2 aromatic carbocycles. The Bertz CT molecular complexity index is 692. The van der Waals surface area contributed by atoms with Gasteiger partial charge in [0.05, 0.1) is 24.0 Å². The number of halogens is 1. The van der Waals surface area contributed by atoms with Crippen LogP contribution in [0.25, 0.3) is 0 Å². The van der Waals surface area contributed by atoms with E-state index in [1.54, 1.807) is 31.4 Å². The fourth-order valence-electron chi connectivity index (χ4n) is 1.84. The Kier molecular flexibility index (Phi) is 4.02. The number of hydrogen-bond acceptors (Lipinski definition) is 4. The van der Waals surface area contributed by atoms with Gasteiger partial charge in [-0.05, 0) is 36.8 Å². The first-order valence-corrected chi connectivity index (χ1v) is 6.33. The number of nitrogens with one attached hydrogen (secondary N) is 1. The number of hydrogen-bond donors (Lipinski definition) is 2. The summed E-state index contributed by atoms with van der Waals surface area (Å²) >= 11 is 6.07. The summed E-state index contributed by atoms with van der Waals surface area (Å²) in [6.45, 7) is 1.90. The Morgan fingerprint density at radius 1 is 1.25 bits per heavy atom. The van der Waals surface area contributed by atoms with Gasteiger partial charge in [-0.2, -0.15) is 5.26 Å². The number of nitrogen functional groups attached to an aromatic ring is 1. The molecule has 0 saturated heterocycles. The molecule has 2 aromatic rings. The fourth-order valence-corrected chi connectivity index (χ4v) is 1.99. The van der Waals surface area contributed by atoms with Crippen molar-refractivity contribution in [1.82, 2.24) is 0 Å². The van der Waals surface area contributed by atoms with Crippen LogP contribution in [0.1, 0.15) is 11.1 Å². The number of nitriles is 1. The molecule has 0 amide bonds. The smallest absolute Gasteiger partial charge is 0.143 e. The summed E-state index contributed by atoms with van der Waals surface area (Å²) in [5, 5.41) is 13.0. The molecule has 102 valence electrons. The van der Waals surface area contributed by atoms with Crippen molar-refractivity contribution in [1.29, 1.82) is 5.26 Å². The molecule has 0 unspecified atom stereocenters. The van der Waals surface area contributed by atoms with E-state index in [2.05, 4.69) is 11.4 Å². The SMILES string of the molecule is COc1cc(Cl)c(C)cc1Nc1ccc(N)cc1C#N. The van der Waals surface area contributed by atoms with E-state index >= 15 is 0 Å². The molecular weight excluding hydrogens is 274 g/mol. The summed E-state index contributed by atoms with van der Waals surface area (Å²) in [6.07, 6.45) is 0. The second kappa shape index (κ2) is 5.72. The van der Waals surface area contributed by atoms with E-state index < -0.39 is 0 Å². The van der Waals surface area contributed by atoms with Gasteiger partial charge in [0.1, 0.15) is 11.8 Å². The third-order valence-corrected chi connectivity index (χ3v) is 3.32. The predicted octanol–water partition coefficient (Wildman–Crippen LogP) is 3.85. The molecule has 0 aliphatic rings. The van der Waals surface area contributed by atoms with E-state index in [1.165, 1.54) is 0 Å². The minimum atomic E-state index is 0.472. The highest BCUT2D eigenvalue weighted by Gasteiger charge is 2.09. The van der Waals surface area contributed by atoms with E-state index in [1.807, 2.05) is 13.0 Å². The van der Waals surface area contributed by atoms with Crippen molar-refractivity contribution in [2.24, 2.45) is 0 Å². The Morgan fingerprint density at radius 2 is 2.00 bits per heavy atom. The van der Waals surface area contributed by atoms with E-state index in [-0.39, 0.29) is 0 Å². The molecule has 4 nitrogen and oxygen atoms in total. The lowest BCUT2D eigenvalue weighted by Crippen LogP contribution is -1.98. The lowest BCUT2D eigenvalue weighted by Gasteiger charge is -2.14. The third-order valence-electron chi connectivity index (χ3n) is 2.91. The molecule has 0 aromatic heterocycles. The highest BCUT2D eigenvalue weighted by atomic mass is 35.5. The zero-order valence-corrected chi connectivity index (χ0v) is 12.0. The van der Waals surface area contributed by atoms with Crippen LogP contribution in [0, 0.1) is 18.3 Å². The molecular formula is C15H14ClN3O. The minimum Gasteiger partial charge on any atom is -0.495 e. The molecule has 0 atom stereocenters. The Morgan fingerprint density at radius 3 is 2.65 bits per heavy atom. The van der Waals surface area contributed by atoms with Gasteiger partial charge in [0.25, 0.3) is 0 Å². The van der Waals surface area contributed by atoms with Crippen LogP contribution in [0.5, 0.6) is 5.75 Å². The van der Waals surface area contributed by atoms with Crippen molar-refractivity contribution in [3.8, 4) is 11.8 Å². The van der Waals surface area contributed by atoms with E-state index in [0.717, 1.165) is 11.3 Å². The van der Waals surface area contributed by atoms with Gasteiger partial charge in [0.2, 0.25) is 0 Å². The first kappa shape index (κ1) is 14.0. The number of nitrogens with two attached hydrogens (primary N) is 1. The lowest BCUT2D eigenvalue weighted by atomic mass is 10.1. The Balaban J connectivity index is 2.45. The number of methoxy groups -OCH3 is 1. The first-order valence-electron chi connectivity index (χ1n) is 5.96. The van der Waals surface area contributed by atoms with Gasteiger partial charge in [-0.25, -0.2) is 0 Å². The highest BCUT2D eigenvalue weighted by molar-refractivity contribution is 6.31. The van der Waals surface area contributed by atoms with Crippen LogP contribution < -0.4 is 15.8 Å². The Labute approximate surface area is 122 Å². The van der Waals surface area contributed by atoms with Crippen LogP contribution in [0.15, 0.2) is 30.3 Å². The van der Waals surface area contributed by atoms with Crippen molar-refractivity contribution in [2.75, 3.05) is 18.2 Å². The average molecular weight is 288 g/mol. The lowest BCUT2D eigenvalue weighted by molar-refractivity contribution is 0.417. The Hall–Kier alpha value is -2.38. The van der Waals surface area contributed by atoms with Crippen LogP contribution >= 0.6 is 11.6 Å². The average Bonchev–Trinajstić information content (AvgIpc) is 2.44. The fraction of sp³-hybridized carbons (Fsp3) is 0.133. The summed E-state index contributed by atoms with van der Waals surface area (Å²) < 4.78 is 5.30. The maximum absolute atomic E-state index is 9.15. The zero-order valence-electron chi connectivity index (χ0n) is 11.2. The quantitative estimate of drug-likeness (QED) is 0.841. The normalized spacial score (nSPS) is 9.90. The predicted molar refractivity (Wildman–Crippen MR) is 81.6 cm³/mol. The van der Waals surface area contributed by atoms with E-state index in [4.69, 9.17) is 27.3 Å². The molecule has 0 heterocycles. The van der Waals surface area contributed by atoms with Crippen LogP contribution in [0.4, 0.5) is 17.1 Å². The standard InChI is InChI=1S/C15H14ClN3O/c1-9-5-14(15(20-2)7-12(9)16)19-13-4-3-11(18)6-10(13)8-17/h3-7,19H,18H2,1-2H3. The zero-order chi connectivity index (χ0) is 14.7. The van der Waals surface area contributed by atoms with Crippen molar-refractivity contribution < 1.29 is 4.74 Å². The van der Waals surface area contributed by atoms with Crippen LogP contribution in [-0.2, 0) is 0 Å². The molecule has 5 heteroatoms. The maximum Gasteiger partial charge on any atom is 0.143 e. The number of rotatable bonds is 3. The topological polar surface area (TPSA) is 71.1 Å². The maximum atomic E-state index is 9.15. The number of aryl methyl sites for hydroxylation is 1. The number of nitrogens with zero attached hydrogens (tertiary/aromatic N) is 1. The first-order chi connectivity index (χ1) is 9.55. The molecule has 20 heavy (non-hydrogen) atoms. The summed E-state index contributed by atoms with van der Waals surface area (Å²) in [5.74, 6) is 0.612. The van der Waals surface area contributed by atoms with Gasteiger partial charge in [0.15, 0.2) is 0 Å². The second-order valence-electron chi connectivity index (χ2n) is 4.34.